The summed E-state index contributed by atoms with van der Waals surface area (Å²) in [5.41, 5.74) is 0.860. The summed E-state index contributed by atoms with van der Waals surface area (Å²) >= 11 is 12.8. The fourth-order valence-corrected chi connectivity index (χ4v) is 2.47. The van der Waals surface area contributed by atoms with E-state index in [-0.39, 0.29) is 18.2 Å². The van der Waals surface area contributed by atoms with Crippen LogP contribution in [-0.4, -0.2) is 16.9 Å². The predicted octanol–water partition coefficient (Wildman–Crippen LogP) is 3.77. The molecule has 0 unspecified atom stereocenters. The van der Waals surface area contributed by atoms with Crippen LogP contribution in [0.5, 0.6) is 0 Å². The van der Waals surface area contributed by atoms with Crippen molar-refractivity contribution in [2.24, 2.45) is 0 Å². The molecule has 0 saturated heterocycles. The fraction of sp³-hybridized carbons (Fsp3) is 0.154. The normalized spacial score (nSPS) is 10.2. The fourth-order valence-electron chi connectivity index (χ4n) is 1.43. The van der Waals surface area contributed by atoms with E-state index in [4.69, 9.17) is 27.9 Å². The van der Waals surface area contributed by atoms with Crippen molar-refractivity contribution >= 4 is 51.5 Å². The molecule has 2 rings (SSSR count). The number of rotatable bonds is 4. The van der Waals surface area contributed by atoms with Gasteiger partial charge in [-0.15, -0.1) is 11.3 Å². The van der Waals surface area contributed by atoms with Gasteiger partial charge in [0.2, 0.25) is 5.91 Å². The van der Waals surface area contributed by atoms with Crippen molar-refractivity contribution in [3.8, 4) is 0 Å². The molecule has 1 heterocycles. The van der Waals surface area contributed by atoms with Gasteiger partial charge in [-0.25, -0.2) is 9.78 Å². The average Bonchev–Trinajstić information content (AvgIpc) is 2.87. The third kappa shape index (κ3) is 4.42. The van der Waals surface area contributed by atoms with Gasteiger partial charge in [-0.05, 0) is 17.7 Å². The summed E-state index contributed by atoms with van der Waals surface area (Å²) in [6.45, 7) is 1.42. The van der Waals surface area contributed by atoms with Gasteiger partial charge < -0.3 is 10.1 Å². The van der Waals surface area contributed by atoms with Crippen LogP contribution < -0.4 is 5.32 Å². The quantitative estimate of drug-likeness (QED) is 0.857. The summed E-state index contributed by atoms with van der Waals surface area (Å²) in [6.07, 6.45) is 0. The number of nitrogens with zero attached hydrogens (tertiary/aromatic N) is 1. The van der Waals surface area contributed by atoms with Gasteiger partial charge in [0.05, 0.1) is 10.0 Å². The van der Waals surface area contributed by atoms with Crippen LogP contribution in [0.25, 0.3) is 0 Å². The van der Waals surface area contributed by atoms with Crippen molar-refractivity contribution in [3.05, 3.63) is 44.9 Å². The van der Waals surface area contributed by atoms with E-state index in [9.17, 15) is 9.59 Å². The maximum atomic E-state index is 11.8. The molecular weight excluding hydrogens is 335 g/mol. The number of thiazole rings is 1. The third-order valence-corrected chi connectivity index (χ3v) is 3.85. The van der Waals surface area contributed by atoms with Crippen LogP contribution in [0, 0.1) is 0 Å². The number of anilines is 1. The van der Waals surface area contributed by atoms with Crippen molar-refractivity contribution in [1.29, 1.82) is 0 Å². The van der Waals surface area contributed by atoms with Crippen molar-refractivity contribution in [3.63, 3.8) is 0 Å². The first kappa shape index (κ1) is 15.8. The van der Waals surface area contributed by atoms with E-state index >= 15 is 0 Å². The van der Waals surface area contributed by atoms with Crippen molar-refractivity contribution in [2.45, 2.75) is 13.5 Å². The van der Waals surface area contributed by atoms with Crippen LogP contribution in [0.2, 0.25) is 10.0 Å². The molecule has 0 fully saturated rings. The number of hydrogen-bond donors (Lipinski definition) is 1. The van der Waals surface area contributed by atoms with Gasteiger partial charge in [-0.2, -0.15) is 0 Å². The number of carbonyl (C=O) groups excluding carboxylic acids is 2. The van der Waals surface area contributed by atoms with Crippen LogP contribution in [0.1, 0.15) is 23.0 Å². The Hall–Kier alpha value is -1.63. The van der Waals surface area contributed by atoms with Gasteiger partial charge in [0.25, 0.3) is 0 Å². The van der Waals surface area contributed by atoms with E-state index in [2.05, 4.69) is 10.3 Å². The molecule has 110 valence electrons. The van der Waals surface area contributed by atoms with Gasteiger partial charge in [-0.1, -0.05) is 29.3 Å². The lowest BCUT2D eigenvalue weighted by atomic mass is 10.2. The van der Waals surface area contributed by atoms with Crippen molar-refractivity contribution in [1.82, 2.24) is 4.98 Å². The third-order valence-electron chi connectivity index (χ3n) is 2.35. The molecule has 1 amide bonds. The highest BCUT2D eigenvalue weighted by atomic mass is 35.5. The van der Waals surface area contributed by atoms with Crippen LogP contribution in [-0.2, 0) is 16.1 Å². The molecule has 1 aromatic carbocycles. The number of nitrogens with one attached hydrogen (secondary N) is 1. The zero-order valence-corrected chi connectivity index (χ0v) is 13.2. The number of hydrogen-bond acceptors (Lipinski definition) is 5. The number of esters is 1. The monoisotopic (exact) mass is 344 g/mol. The molecule has 0 saturated carbocycles. The second-order valence-corrected chi connectivity index (χ2v) is 5.72. The summed E-state index contributed by atoms with van der Waals surface area (Å²) in [5.74, 6) is -0.825. The first-order valence-corrected chi connectivity index (χ1v) is 7.43. The lowest BCUT2D eigenvalue weighted by molar-refractivity contribution is -0.114. The Balaban J connectivity index is 1.96. The Kier molecular flexibility index (Phi) is 5.17. The van der Waals surface area contributed by atoms with E-state index in [1.54, 1.807) is 18.2 Å². The molecule has 0 spiro atoms. The van der Waals surface area contributed by atoms with Crippen LogP contribution in [0.4, 0.5) is 5.13 Å². The largest absolute Gasteiger partial charge is 0.456 e. The minimum absolute atomic E-state index is 0.0583. The number of carbonyl (C=O) groups is 2. The van der Waals surface area contributed by atoms with Gasteiger partial charge in [0.1, 0.15) is 6.61 Å². The van der Waals surface area contributed by atoms with E-state index < -0.39 is 5.97 Å². The summed E-state index contributed by atoms with van der Waals surface area (Å²) in [6, 6.07) is 4.97. The topological polar surface area (TPSA) is 68.3 Å². The standard InChI is InChI=1S/C13H10Cl2N2O3S/c1-7(18)16-13-17-11(6-21-13)12(19)20-5-8-2-3-9(14)10(15)4-8/h2-4,6H,5H2,1H3,(H,16,17,18). The minimum Gasteiger partial charge on any atom is -0.456 e. The second kappa shape index (κ2) is 6.89. The zero-order valence-electron chi connectivity index (χ0n) is 10.9. The summed E-state index contributed by atoms with van der Waals surface area (Å²) < 4.78 is 5.12. The summed E-state index contributed by atoms with van der Waals surface area (Å²) in [7, 11) is 0. The Morgan fingerprint density at radius 2 is 2.10 bits per heavy atom. The Labute approximate surface area is 134 Å². The van der Waals surface area contributed by atoms with Gasteiger partial charge in [-0.3, -0.25) is 4.79 Å². The van der Waals surface area contributed by atoms with E-state index in [0.717, 1.165) is 16.9 Å². The number of aromatic nitrogens is 1. The zero-order chi connectivity index (χ0) is 15.4. The minimum atomic E-state index is -0.575. The first-order chi connectivity index (χ1) is 9.95. The molecule has 0 radical (unpaired) electrons. The van der Waals surface area contributed by atoms with Gasteiger partial charge >= 0.3 is 5.97 Å². The van der Waals surface area contributed by atoms with E-state index in [1.165, 1.54) is 12.3 Å². The molecule has 0 bridgehead atoms. The number of halogens is 2. The highest BCUT2D eigenvalue weighted by Gasteiger charge is 2.13. The number of amides is 1. The van der Waals surface area contributed by atoms with Crippen LogP contribution in [0.15, 0.2) is 23.6 Å². The maximum Gasteiger partial charge on any atom is 0.358 e. The molecule has 0 atom stereocenters. The molecule has 2 aromatic rings. The molecule has 0 aliphatic rings. The van der Waals surface area contributed by atoms with Crippen molar-refractivity contribution in [2.75, 3.05) is 5.32 Å². The van der Waals surface area contributed by atoms with Gasteiger partial charge in [0, 0.05) is 12.3 Å². The van der Waals surface area contributed by atoms with E-state index in [1.807, 2.05) is 0 Å². The molecule has 21 heavy (non-hydrogen) atoms. The number of ether oxygens (including phenoxy) is 1. The summed E-state index contributed by atoms with van der Waals surface area (Å²) in [5, 5.41) is 5.19. The SMILES string of the molecule is CC(=O)Nc1nc(C(=O)OCc2ccc(Cl)c(Cl)c2)cs1. The Morgan fingerprint density at radius 3 is 2.76 bits per heavy atom. The molecule has 1 aromatic heterocycles. The lowest BCUT2D eigenvalue weighted by Crippen LogP contribution is -2.08. The van der Waals surface area contributed by atoms with Gasteiger partial charge in [0.15, 0.2) is 10.8 Å². The van der Waals surface area contributed by atoms with Crippen molar-refractivity contribution < 1.29 is 14.3 Å². The molecule has 8 heteroatoms. The Morgan fingerprint density at radius 1 is 1.33 bits per heavy atom. The number of benzene rings is 1. The molecule has 1 N–H and O–H groups in total. The Bertz CT molecular complexity index is 688. The molecule has 0 aliphatic carbocycles. The lowest BCUT2D eigenvalue weighted by Gasteiger charge is -2.04. The predicted molar refractivity (Wildman–Crippen MR) is 82.0 cm³/mol. The van der Waals surface area contributed by atoms with E-state index in [0.29, 0.717) is 15.2 Å². The second-order valence-electron chi connectivity index (χ2n) is 4.04. The molecular formula is C13H10Cl2N2O3S. The smallest absolute Gasteiger partial charge is 0.358 e. The maximum absolute atomic E-state index is 11.8. The highest BCUT2D eigenvalue weighted by Crippen LogP contribution is 2.23. The first-order valence-electron chi connectivity index (χ1n) is 5.80. The average molecular weight is 345 g/mol. The van der Waals surface area contributed by atoms with Crippen LogP contribution in [0.3, 0.4) is 0 Å². The summed E-state index contributed by atoms with van der Waals surface area (Å²) in [4.78, 5) is 26.7. The highest BCUT2D eigenvalue weighted by molar-refractivity contribution is 7.14. The molecule has 5 nitrogen and oxygen atoms in total. The molecule has 0 aliphatic heterocycles. The van der Waals surface area contributed by atoms with Crippen LogP contribution >= 0.6 is 34.5 Å².